The number of carbonyl (C=O) groups is 1. The van der Waals surface area contributed by atoms with E-state index in [9.17, 15) is 4.79 Å². The maximum absolute atomic E-state index is 12.7. The van der Waals surface area contributed by atoms with E-state index in [0.717, 1.165) is 36.2 Å². The quantitative estimate of drug-likeness (QED) is 0.795. The second-order valence-electron chi connectivity index (χ2n) is 5.61. The molecule has 110 valence electrons. The van der Waals surface area contributed by atoms with Crippen molar-refractivity contribution in [1.82, 2.24) is 9.88 Å². The van der Waals surface area contributed by atoms with Gasteiger partial charge in [-0.3, -0.25) is 9.78 Å². The molecule has 1 aliphatic heterocycles. The second-order valence-corrected chi connectivity index (χ2v) is 5.61. The van der Waals surface area contributed by atoms with Crippen LogP contribution in [0, 0.1) is 19.3 Å². The maximum atomic E-state index is 12.7. The van der Waals surface area contributed by atoms with Crippen molar-refractivity contribution in [2.75, 3.05) is 6.54 Å². The van der Waals surface area contributed by atoms with Crippen LogP contribution in [0.3, 0.4) is 0 Å². The van der Waals surface area contributed by atoms with E-state index in [-0.39, 0.29) is 11.9 Å². The van der Waals surface area contributed by atoms with Crippen molar-refractivity contribution in [3.05, 3.63) is 65.0 Å². The number of amides is 1. The molecular formula is C19H18N2O. The van der Waals surface area contributed by atoms with Gasteiger partial charge in [-0.05, 0) is 49.6 Å². The lowest BCUT2D eigenvalue weighted by atomic mass is 10.0. The van der Waals surface area contributed by atoms with Crippen LogP contribution in [-0.2, 0) is 0 Å². The second kappa shape index (κ2) is 6.03. The Hall–Kier alpha value is -2.60. The number of terminal acetylenes is 1. The Morgan fingerprint density at radius 3 is 2.68 bits per heavy atom. The maximum Gasteiger partial charge on any atom is 0.255 e. The van der Waals surface area contributed by atoms with Crippen LogP contribution < -0.4 is 0 Å². The highest BCUT2D eigenvalue weighted by atomic mass is 16.2. The molecule has 1 aromatic carbocycles. The minimum absolute atomic E-state index is 0.0519. The highest BCUT2D eigenvalue weighted by molar-refractivity contribution is 5.94. The smallest absolute Gasteiger partial charge is 0.255 e. The lowest BCUT2D eigenvalue weighted by Gasteiger charge is -2.25. The minimum atomic E-state index is 0.0519. The molecule has 0 radical (unpaired) electrons. The first kappa shape index (κ1) is 14.3. The van der Waals surface area contributed by atoms with Gasteiger partial charge in [0.25, 0.3) is 5.91 Å². The van der Waals surface area contributed by atoms with E-state index in [0.29, 0.717) is 5.56 Å². The average Bonchev–Trinajstić information content (AvgIpc) is 3.04. The summed E-state index contributed by atoms with van der Waals surface area (Å²) in [6, 6.07) is 11.8. The van der Waals surface area contributed by atoms with Crippen LogP contribution in [0.5, 0.6) is 0 Å². The van der Waals surface area contributed by atoms with E-state index in [1.165, 1.54) is 0 Å². The highest BCUT2D eigenvalue weighted by Gasteiger charge is 2.30. The van der Waals surface area contributed by atoms with Crippen molar-refractivity contribution < 1.29 is 4.79 Å². The number of nitrogens with zero attached hydrogens (tertiary/aromatic N) is 2. The molecule has 1 atom stereocenters. The molecule has 1 fully saturated rings. The number of carbonyl (C=O) groups excluding carboxylic acids is 1. The summed E-state index contributed by atoms with van der Waals surface area (Å²) in [6.07, 6.45) is 9.06. The number of hydrogen-bond acceptors (Lipinski definition) is 2. The van der Waals surface area contributed by atoms with Crippen LogP contribution in [0.1, 0.15) is 46.1 Å². The number of hydrogen-bond donors (Lipinski definition) is 0. The number of aromatic nitrogens is 1. The average molecular weight is 290 g/mol. The molecular weight excluding hydrogens is 272 g/mol. The largest absolute Gasteiger partial charge is 0.332 e. The highest BCUT2D eigenvalue weighted by Crippen LogP contribution is 2.33. The van der Waals surface area contributed by atoms with E-state index in [1.54, 1.807) is 6.20 Å². The normalized spacial score (nSPS) is 17.3. The van der Waals surface area contributed by atoms with Crippen LogP contribution in [0.15, 0.2) is 42.6 Å². The van der Waals surface area contributed by atoms with Gasteiger partial charge >= 0.3 is 0 Å². The van der Waals surface area contributed by atoms with Gasteiger partial charge in [0.15, 0.2) is 0 Å². The number of aryl methyl sites for hydroxylation is 1. The molecule has 2 heterocycles. The standard InChI is InChI=1S/C19H18N2O/c1-3-15-7-10-16(11-8-15)18-5-4-12-21(18)19(22)17-9-6-14(2)20-13-17/h1,6-11,13,18H,4-5,12H2,2H3. The molecule has 0 aliphatic carbocycles. The van der Waals surface area contributed by atoms with Gasteiger partial charge in [-0.25, -0.2) is 0 Å². The van der Waals surface area contributed by atoms with E-state index >= 15 is 0 Å². The predicted molar refractivity (Wildman–Crippen MR) is 86.4 cm³/mol. The third-order valence-electron chi connectivity index (χ3n) is 4.13. The zero-order valence-corrected chi connectivity index (χ0v) is 12.6. The van der Waals surface area contributed by atoms with Gasteiger partial charge in [0.1, 0.15) is 0 Å². The first-order valence-electron chi connectivity index (χ1n) is 7.49. The molecule has 3 rings (SSSR count). The van der Waals surface area contributed by atoms with E-state index in [1.807, 2.05) is 48.2 Å². The van der Waals surface area contributed by atoms with Crippen molar-refractivity contribution in [2.24, 2.45) is 0 Å². The van der Waals surface area contributed by atoms with Crippen molar-refractivity contribution in [3.8, 4) is 12.3 Å². The van der Waals surface area contributed by atoms with Crippen LogP contribution in [-0.4, -0.2) is 22.3 Å². The van der Waals surface area contributed by atoms with Crippen LogP contribution >= 0.6 is 0 Å². The van der Waals surface area contributed by atoms with Crippen LogP contribution in [0.2, 0.25) is 0 Å². The summed E-state index contributed by atoms with van der Waals surface area (Å²) in [7, 11) is 0. The lowest BCUT2D eigenvalue weighted by molar-refractivity contribution is 0.0735. The Labute approximate surface area is 131 Å². The van der Waals surface area contributed by atoms with Gasteiger partial charge < -0.3 is 4.90 Å². The summed E-state index contributed by atoms with van der Waals surface area (Å²) in [6.45, 7) is 2.70. The summed E-state index contributed by atoms with van der Waals surface area (Å²) in [5.74, 6) is 2.67. The molecule has 1 saturated heterocycles. The fraction of sp³-hybridized carbons (Fsp3) is 0.263. The third kappa shape index (κ3) is 2.73. The Morgan fingerprint density at radius 2 is 2.05 bits per heavy atom. The number of benzene rings is 1. The van der Waals surface area contributed by atoms with Gasteiger partial charge in [0, 0.05) is 24.0 Å². The van der Waals surface area contributed by atoms with E-state index < -0.39 is 0 Å². The van der Waals surface area contributed by atoms with Crippen molar-refractivity contribution in [3.63, 3.8) is 0 Å². The first-order chi connectivity index (χ1) is 10.7. The fourth-order valence-corrected chi connectivity index (χ4v) is 2.92. The van der Waals surface area contributed by atoms with Crippen LogP contribution in [0.25, 0.3) is 0 Å². The molecule has 1 unspecified atom stereocenters. The third-order valence-corrected chi connectivity index (χ3v) is 4.13. The Balaban J connectivity index is 1.84. The molecule has 0 N–H and O–H groups in total. The van der Waals surface area contributed by atoms with Gasteiger partial charge in [0.05, 0.1) is 11.6 Å². The molecule has 1 aliphatic rings. The zero-order valence-electron chi connectivity index (χ0n) is 12.6. The Bertz CT molecular complexity index is 711. The van der Waals surface area contributed by atoms with Crippen molar-refractivity contribution in [1.29, 1.82) is 0 Å². The first-order valence-corrected chi connectivity index (χ1v) is 7.49. The van der Waals surface area contributed by atoms with E-state index in [2.05, 4.69) is 10.9 Å². The van der Waals surface area contributed by atoms with Crippen molar-refractivity contribution >= 4 is 5.91 Å². The summed E-state index contributed by atoms with van der Waals surface area (Å²) in [5.41, 5.74) is 3.57. The summed E-state index contributed by atoms with van der Waals surface area (Å²) in [5, 5.41) is 0. The SMILES string of the molecule is C#Cc1ccc(C2CCCN2C(=O)c2ccc(C)nc2)cc1. The summed E-state index contributed by atoms with van der Waals surface area (Å²) < 4.78 is 0. The Kier molecular flexibility index (Phi) is 3.93. The molecule has 3 heteroatoms. The molecule has 0 bridgehead atoms. The molecule has 0 spiro atoms. The minimum Gasteiger partial charge on any atom is -0.332 e. The number of rotatable bonds is 2. The fourth-order valence-electron chi connectivity index (χ4n) is 2.92. The number of likely N-dealkylation sites (tertiary alicyclic amines) is 1. The molecule has 1 amide bonds. The van der Waals surface area contributed by atoms with Gasteiger partial charge in [-0.2, -0.15) is 0 Å². The molecule has 2 aromatic rings. The van der Waals surface area contributed by atoms with E-state index in [4.69, 9.17) is 6.42 Å². The van der Waals surface area contributed by atoms with Gasteiger partial charge in [0.2, 0.25) is 0 Å². The zero-order chi connectivity index (χ0) is 15.5. The van der Waals surface area contributed by atoms with Crippen LogP contribution in [0.4, 0.5) is 0 Å². The Morgan fingerprint density at radius 1 is 1.27 bits per heavy atom. The van der Waals surface area contributed by atoms with Crippen molar-refractivity contribution in [2.45, 2.75) is 25.8 Å². The summed E-state index contributed by atoms with van der Waals surface area (Å²) in [4.78, 5) is 18.9. The predicted octanol–water partition coefficient (Wildman–Crippen LogP) is 3.35. The summed E-state index contributed by atoms with van der Waals surface area (Å²) >= 11 is 0. The molecule has 1 aromatic heterocycles. The molecule has 3 nitrogen and oxygen atoms in total. The molecule has 0 saturated carbocycles. The van der Waals surface area contributed by atoms with Gasteiger partial charge in [-0.15, -0.1) is 6.42 Å². The topological polar surface area (TPSA) is 33.2 Å². The monoisotopic (exact) mass is 290 g/mol. The van der Waals surface area contributed by atoms with Gasteiger partial charge in [-0.1, -0.05) is 18.1 Å². The molecule has 22 heavy (non-hydrogen) atoms. The lowest BCUT2D eigenvalue weighted by Crippen LogP contribution is -2.30. The number of pyridine rings is 1.